The molecule has 0 aliphatic heterocycles. The van der Waals surface area contributed by atoms with Gasteiger partial charge in [-0.25, -0.2) is 0 Å². The molecule has 0 fully saturated rings. The fraction of sp³-hybridized carbons (Fsp3) is 0. The van der Waals surface area contributed by atoms with Crippen LogP contribution in [0.4, 0.5) is 0 Å². The normalized spacial score (nSPS) is 11.9. The van der Waals surface area contributed by atoms with Gasteiger partial charge in [0.1, 0.15) is 0 Å². The minimum atomic E-state index is 1.49. The number of hydrogen-bond donors (Lipinski definition) is 2. The summed E-state index contributed by atoms with van der Waals surface area (Å²) in [6.45, 7) is 0. The zero-order chi connectivity index (χ0) is 89.0. The van der Waals surface area contributed by atoms with E-state index in [9.17, 15) is 0 Å². The van der Waals surface area contributed by atoms with Gasteiger partial charge < -0.3 is 0 Å². The van der Waals surface area contributed by atoms with Crippen molar-refractivity contribution in [3.8, 4) is 0 Å². The van der Waals surface area contributed by atoms with Gasteiger partial charge in [0.05, 0.1) is 0 Å². The standard InChI is InChI=1S/H2S125/c1-3-5-7-9-11-13-15-17-19-21-23-25-27-29-31-33-35-37-39-41-43-45-47-49-51-53-55-57-59-61-63-65-67-69-71-73-75-77-79-81-83-85-87-89-91-93-95-97-99-101-103-105-107-109-111-113-115-117-119-121-123-125-124-122-120-118-116-114-112-110-108-106-104-102-100-98-96-94-92-90-88-86-84-82-80-78-76-74-72-70-68-66-64-62-60-58-56-54-52-50-48-46-44-42-40-38-36-34-32-30-28-26-24-22-20-18-16-14-12-10-8-6-4-2/h1-2H. The van der Waals surface area contributed by atoms with E-state index >= 15 is 0 Å². The molecule has 0 rings (SSSR count). The lowest BCUT2D eigenvalue weighted by atomic mass is 30.1. The van der Waals surface area contributed by atoms with E-state index in [1.807, 2.05) is 1090 Å². The highest BCUT2D eigenvalue weighted by Gasteiger charge is 2.12. The molecule has 125 heavy (non-hydrogen) atoms. The maximum absolute atomic E-state index is 4.11. The quantitative estimate of drug-likeness (QED) is 0.0337. The van der Waals surface area contributed by atoms with Gasteiger partial charge in [-0.15, -0.1) is 0 Å². The first-order chi connectivity index (χ1) is 62.4. The Hall–Kier alpha value is 43.8. The van der Waals surface area contributed by atoms with E-state index in [-0.39, 0.29) is 0 Å². The van der Waals surface area contributed by atoms with Crippen LogP contribution in [0.3, 0.4) is 0 Å². The largest absolute Gasteiger partial charge is 0.0988 e. The molecule has 0 saturated carbocycles. The molecule has 0 heterocycles. The maximum Gasteiger partial charge on any atom is 0 e. The fourth-order valence-electron chi connectivity index (χ4n) is 1.37. The van der Waals surface area contributed by atoms with Gasteiger partial charge in [-0.05, 0) is 157 Å². The lowest BCUT2D eigenvalue weighted by molar-refractivity contribution is 5.59. The summed E-state index contributed by atoms with van der Waals surface area (Å²) in [6, 6.07) is 0. The molecule has 0 amide bonds. The van der Waals surface area contributed by atoms with Gasteiger partial charge >= 0.3 is 0 Å². The predicted octanol–water partition coefficient (Wildman–Crippen LogP) is 80.5. The predicted molar refractivity (Wildman–Crippen MR) is 952 cm³/mol. The second-order valence-corrected chi connectivity index (χ2v) is 226. The lowest BCUT2D eigenvalue weighted by Crippen LogP contribution is -1.35. The van der Waals surface area contributed by atoms with Crippen molar-refractivity contribution >= 4 is 1230 Å². The van der Waals surface area contributed by atoms with Crippen LogP contribution < -0.4 is 0 Å². The van der Waals surface area contributed by atoms with E-state index < -0.39 is 0 Å². The molecular formula is H2S125. The number of rotatable bonds is 122. The van der Waals surface area contributed by atoms with Gasteiger partial charge in [0, 0.05) is 1050 Å². The monoisotopic (exact) mass is 4000 g/mol. The topological polar surface area (TPSA) is 0 Å². The minimum absolute atomic E-state index is 1.49. The highest BCUT2D eigenvalue weighted by atomic mass is 34.2. The van der Waals surface area contributed by atoms with Crippen molar-refractivity contribution in [1.82, 2.24) is 0 Å². The SMILES string of the molecule is SSSSSSSSSSSSSSSSSSSSSSSSSSSSSSSSSSSSSSSSSSSSSSSSSSSSSSSSSSSSSSSSSSSSSSSSSSSSSSSSSSSSSSSSSSSSSSSSSSSSSSSSSSSSSSSSSSSSSSSSSSSSS. The Morgan fingerprint density at radius 1 is 0.0400 bits per heavy atom. The summed E-state index contributed by atoms with van der Waals surface area (Å²) in [5.74, 6) is 0. The summed E-state index contributed by atoms with van der Waals surface area (Å²) in [4.78, 5) is 0. The average molecular weight is 4010 g/mol. The van der Waals surface area contributed by atoms with Gasteiger partial charge in [-0.3, -0.25) is 0 Å². The molecule has 0 aromatic rings. The van der Waals surface area contributed by atoms with Crippen LogP contribution in [-0.2, 0) is 0 Å². The zero-order valence-corrected chi connectivity index (χ0v) is 153. The Morgan fingerprint density at radius 2 is 0.0640 bits per heavy atom. The molecule has 752 valence electrons. The first-order valence-corrected chi connectivity index (χ1v) is 186. The Morgan fingerprint density at radius 3 is 0.0880 bits per heavy atom. The molecule has 0 aliphatic carbocycles. The Kier molecular flexibility index (Phi) is 226. The van der Waals surface area contributed by atoms with Crippen molar-refractivity contribution in [2.24, 2.45) is 0 Å². The molecule has 0 bridgehead atoms. The summed E-state index contributed by atoms with van der Waals surface area (Å²) in [5.41, 5.74) is 0. The van der Waals surface area contributed by atoms with Gasteiger partial charge in [0.15, 0.2) is 0 Å². The van der Waals surface area contributed by atoms with E-state index in [4.69, 9.17) is 0 Å². The minimum Gasteiger partial charge on any atom is -0.0988 e. The van der Waals surface area contributed by atoms with Crippen LogP contribution in [0.2, 0.25) is 0 Å². The molecule has 0 radical (unpaired) electrons. The van der Waals surface area contributed by atoms with Crippen molar-refractivity contribution in [2.45, 2.75) is 0 Å². The smallest absolute Gasteiger partial charge is 0 e. The summed E-state index contributed by atoms with van der Waals surface area (Å²) >= 11 is 8.21. The number of hydrogen-bond acceptors (Lipinski definition) is 125. The molecular weight excluding hydrogens is 4010 g/mol. The lowest BCUT2D eigenvalue weighted by Gasteiger charge is -2.00. The highest BCUT2D eigenvalue weighted by Crippen LogP contribution is 2.77. The van der Waals surface area contributed by atoms with Crippen LogP contribution in [0.1, 0.15) is 0 Å². The van der Waals surface area contributed by atoms with E-state index in [1.54, 1.807) is 98.3 Å². The third kappa shape index (κ3) is 168. The summed E-state index contributed by atoms with van der Waals surface area (Å²) < 4.78 is 0. The third-order valence-electron chi connectivity index (χ3n) is 3.39. The Bertz CT molecular complexity index is 1490. The molecule has 0 spiro atoms. The average Bonchev–Trinajstić information content (AvgIpc) is 1.66. The van der Waals surface area contributed by atoms with Gasteiger partial charge in [-0.2, -0.15) is 0 Å². The van der Waals surface area contributed by atoms with Crippen molar-refractivity contribution in [3.05, 3.63) is 0 Å². The molecule has 0 atom stereocenters. The van der Waals surface area contributed by atoms with Gasteiger partial charge in [0.2, 0.25) is 0 Å². The highest BCUT2D eigenvalue weighted by molar-refractivity contribution is 9.71. The molecule has 0 aliphatic rings. The Balaban J connectivity index is 3.10. The van der Waals surface area contributed by atoms with Gasteiger partial charge in [-0.1, -0.05) is 23.3 Å². The maximum atomic E-state index is 4.11. The second kappa shape index (κ2) is 168. The Labute approximate surface area is 1200 Å². The van der Waals surface area contributed by atoms with Crippen LogP contribution in [-0.4, -0.2) is 0 Å². The van der Waals surface area contributed by atoms with Crippen molar-refractivity contribution in [1.29, 1.82) is 0 Å². The number of thiol groups is 2. The molecule has 0 aromatic carbocycles. The first kappa shape index (κ1) is 169. The second-order valence-electron chi connectivity index (χ2n) is 8.38. The molecule has 0 saturated heterocycles. The third-order valence-corrected chi connectivity index (χ3v) is 275. The molecule has 0 aromatic heterocycles. The molecule has 0 unspecified atom stereocenters. The van der Waals surface area contributed by atoms with Crippen LogP contribution >= 0.6 is 1230 Å². The van der Waals surface area contributed by atoms with Gasteiger partial charge in [0.25, 0.3) is 0 Å². The zero-order valence-electron chi connectivity index (χ0n) is 51.1. The van der Waals surface area contributed by atoms with E-state index in [0.717, 1.165) is 0 Å². The van der Waals surface area contributed by atoms with E-state index in [0.29, 0.717) is 0 Å². The fourth-order valence-corrected chi connectivity index (χ4v) is 334. The van der Waals surface area contributed by atoms with Crippen molar-refractivity contribution in [2.75, 3.05) is 0 Å². The first-order valence-electron chi connectivity index (χ1n) is 20.7. The molecule has 0 nitrogen and oxygen atoms in total. The molecule has 0 N–H and O–H groups in total. The van der Waals surface area contributed by atoms with Crippen LogP contribution in [0.25, 0.3) is 0 Å². The van der Waals surface area contributed by atoms with Crippen molar-refractivity contribution in [3.63, 3.8) is 0 Å². The summed E-state index contributed by atoms with van der Waals surface area (Å²) in [5, 5.41) is 0. The summed E-state index contributed by atoms with van der Waals surface area (Å²) in [6.07, 6.45) is 0. The molecule has 125 heteroatoms. The van der Waals surface area contributed by atoms with Crippen molar-refractivity contribution < 1.29 is 0 Å². The van der Waals surface area contributed by atoms with Crippen LogP contribution in [0.15, 0.2) is 0 Å². The summed E-state index contributed by atoms with van der Waals surface area (Å²) in [7, 11) is 224. The van der Waals surface area contributed by atoms with Crippen LogP contribution in [0, 0.1) is 0 Å². The van der Waals surface area contributed by atoms with E-state index in [2.05, 4.69) is 23.3 Å². The van der Waals surface area contributed by atoms with E-state index in [1.165, 1.54) is 19.7 Å². The van der Waals surface area contributed by atoms with Crippen LogP contribution in [0.5, 0.6) is 0 Å².